The van der Waals surface area contributed by atoms with Gasteiger partial charge in [0.15, 0.2) is 0 Å². The molecule has 19 heavy (non-hydrogen) atoms. The third-order valence-corrected chi connectivity index (χ3v) is 4.67. The molecule has 1 aromatic heterocycles. The topological polar surface area (TPSA) is 60.9 Å². The summed E-state index contributed by atoms with van der Waals surface area (Å²) in [5, 5.41) is 12.7. The Labute approximate surface area is 115 Å². The zero-order valence-electron chi connectivity index (χ0n) is 10.5. The number of β-amino-alcohol motifs (C(OH)–C–C–N with tert-alkyl or cyclic N) is 1. The quantitative estimate of drug-likeness (QED) is 0.880. The first-order chi connectivity index (χ1) is 9.22. The molecular formula is C13H16N2O3S. The standard InChI is InChI=1S/C13H16N2O3S/c16-5-4-14-10-1-3-15(11(10)7-12(14)17)13(18)9-2-6-19-8-9/h2,6,8,10-11,16H,1,3-5,7H2/t10-,11+/m1/s1. The number of aliphatic hydroxyl groups is 1. The molecule has 2 amide bonds. The van der Waals surface area contributed by atoms with Gasteiger partial charge in [0.1, 0.15) is 0 Å². The second-order valence-electron chi connectivity index (χ2n) is 4.95. The largest absolute Gasteiger partial charge is 0.395 e. The molecule has 0 bridgehead atoms. The van der Waals surface area contributed by atoms with Crippen LogP contribution in [0.25, 0.3) is 0 Å². The van der Waals surface area contributed by atoms with E-state index in [1.165, 1.54) is 11.3 Å². The Bertz CT molecular complexity index is 488. The van der Waals surface area contributed by atoms with Crippen molar-refractivity contribution in [2.24, 2.45) is 0 Å². The molecule has 2 aliphatic rings. The molecule has 0 aliphatic carbocycles. The molecule has 102 valence electrons. The lowest BCUT2D eigenvalue weighted by Gasteiger charge is -2.24. The zero-order chi connectivity index (χ0) is 13.4. The lowest BCUT2D eigenvalue weighted by atomic mass is 10.1. The van der Waals surface area contributed by atoms with Gasteiger partial charge in [0.05, 0.1) is 24.3 Å². The van der Waals surface area contributed by atoms with Crippen molar-refractivity contribution in [1.82, 2.24) is 9.80 Å². The minimum atomic E-state index is -0.0218. The van der Waals surface area contributed by atoms with Crippen LogP contribution in [0.1, 0.15) is 23.2 Å². The number of amides is 2. The van der Waals surface area contributed by atoms with Crippen LogP contribution in [0.5, 0.6) is 0 Å². The molecule has 2 aliphatic heterocycles. The summed E-state index contributed by atoms with van der Waals surface area (Å²) in [6.07, 6.45) is 1.20. The Morgan fingerprint density at radius 3 is 3.00 bits per heavy atom. The fourth-order valence-electron chi connectivity index (χ4n) is 3.13. The molecule has 5 nitrogen and oxygen atoms in total. The van der Waals surface area contributed by atoms with E-state index in [0.29, 0.717) is 25.1 Å². The van der Waals surface area contributed by atoms with Crippen LogP contribution in [-0.4, -0.2) is 58.5 Å². The van der Waals surface area contributed by atoms with Gasteiger partial charge in [-0.3, -0.25) is 9.59 Å². The van der Waals surface area contributed by atoms with Crippen LogP contribution < -0.4 is 0 Å². The molecule has 6 heteroatoms. The van der Waals surface area contributed by atoms with Gasteiger partial charge in [-0.1, -0.05) is 0 Å². The van der Waals surface area contributed by atoms with Crippen molar-refractivity contribution in [1.29, 1.82) is 0 Å². The van der Waals surface area contributed by atoms with Gasteiger partial charge in [-0.2, -0.15) is 11.3 Å². The van der Waals surface area contributed by atoms with E-state index in [1.807, 2.05) is 21.7 Å². The maximum atomic E-state index is 12.4. The Morgan fingerprint density at radius 2 is 2.32 bits per heavy atom. The first-order valence-electron chi connectivity index (χ1n) is 6.46. The SMILES string of the molecule is O=C1C[C@H]2[C@@H](CCN2C(=O)c2ccsc2)N1CCO. The highest BCUT2D eigenvalue weighted by Gasteiger charge is 2.48. The molecule has 1 aromatic rings. The molecule has 1 N–H and O–H groups in total. The van der Waals surface area contributed by atoms with Crippen molar-refractivity contribution in [3.8, 4) is 0 Å². The minimum absolute atomic E-state index is 0.0204. The Balaban J connectivity index is 1.77. The van der Waals surface area contributed by atoms with Crippen LogP contribution in [0.15, 0.2) is 16.8 Å². The van der Waals surface area contributed by atoms with E-state index in [2.05, 4.69) is 0 Å². The van der Waals surface area contributed by atoms with Gasteiger partial charge < -0.3 is 14.9 Å². The zero-order valence-corrected chi connectivity index (χ0v) is 11.3. The summed E-state index contributed by atoms with van der Waals surface area (Å²) in [6.45, 7) is 1.05. The van der Waals surface area contributed by atoms with Crippen LogP contribution in [-0.2, 0) is 4.79 Å². The van der Waals surface area contributed by atoms with Gasteiger partial charge in [0, 0.05) is 24.9 Å². The number of aliphatic hydroxyl groups excluding tert-OH is 1. The average molecular weight is 280 g/mol. The van der Waals surface area contributed by atoms with E-state index >= 15 is 0 Å². The number of hydrogen-bond acceptors (Lipinski definition) is 4. The third-order valence-electron chi connectivity index (χ3n) is 3.98. The smallest absolute Gasteiger partial charge is 0.255 e. The first-order valence-corrected chi connectivity index (χ1v) is 7.40. The predicted molar refractivity (Wildman–Crippen MR) is 71.0 cm³/mol. The summed E-state index contributed by atoms with van der Waals surface area (Å²) >= 11 is 1.50. The highest BCUT2D eigenvalue weighted by molar-refractivity contribution is 7.08. The highest BCUT2D eigenvalue weighted by atomic mass is 32.1. The van der Waals surface area contributed by atoms with Gasteiger partial charge >= 0.3 is 0 Å². The van der Waals surface area contributed by atoms with Crippen molar-refractivity contribution < 1.29 is 14.7 Å². The van der Waals surface area contributed by atoms with Crippen molar-refractivity contribution >= 4 is 23.2 Å². The number of carbonyl (C=O) groups excluding carboxylic acids is 2. The minimum Gasteiger partial charge on any atom is -0.395 e. The molecule has 0 unspecified atom stereocenters. The van der Waals surface area contributed by atoms with Gasteiger partial charge in [-0.25, -0.2) is 0 Å². The monoisotopic (exact) mass is 280 g/mol. The van der Waals surface area contributed by atoms with E-state index in [1.54, 1.807) is 4.90 Å². The maximum Gasteiger partial charge on any atom is 0.255 e. The Morgan fingerprint density at radius 1 is 1.47 bits per heavy atom. The van der Waals surface area contributed by atoms with Crippen molar-refractivity contribution in [2.45, 2.75) is 24.9 Å². The van der Waals surface area contributed by atoms with Crippen LogP contribution in [0.2, 0.25) is 0 Å². The predicted octanol–water partition coefficient (Wildman–Crippen LogP) is 0.556. The summed E-state index contributed by atoms with van der Waals surface area (Å²) < 4.78 is 0. The normalized spacial score (nSPS) is 26.1. The summed E-state index contributed by atoms with van der Waals surface area (Å²) in [6, 6.07) is 1.89. The van der Waals surface area contributed by atoms with Gasteiger partial charge in [0.2, 0.25) is 5.91 Å². The molecule has 2 fully saturated rings. The van der Waals surface area contributed by atoms with Crippen LogP contribution in [0.3, 0.4) is 0 Å². The summed E-state index contributed by atoms with van der Waals surface area (Å²) in [7, 11) is 0. The van der Waals surface area contributed by atoms with Crippen molar-refractivity contribution in [2.75, 3.05) is 19.7 Å². The summed E-state index contributed by atoms with van der Waals surface area (Å²) in [5.41, 5.74) is 0.707. The summed E-state index contributed by atoms with van der Waals surface area (Å²) in [5.74, 6) is 0.0688. The number of rotatable bonds is 3. The maximum absolute atomic E-state index is 12.4. The fraction of sp³-hybridized carbons (Fsp3) is 0.538. The number of thiophene rings is 1. The molecule has 0 aromatic carbocycles. The van der Waals surface area contributed by atoms with Crippen LogP contribution >= 0.6 is 11.3 Å². The van der Waals surface area contributed by atoms with Crippen molar-refractivity contribution in [3.63, 3.8) is 0 Å². The molecule has 3 heterocycles. The lowest BCUT2D eigenvalue weighted by Crippen LogP contribution is -2.40. The van der Waals surface area contributed by atoms with Crippen LogP contribution in [0.4, 0.5) is 0 Å². The molecule has 2 saturated heterocycles. The second kappa shape index (κ2) is 4.94. The molecular weight excluding hydrogens is 264 g/mol. The number of likely N-dealkylation sites (tertiary alicyclic amines) is 2. The van der Waals surface area contributed by atoms with E-state index < -0.39 is 0 Å². The lowest BCUT2D eigenvalue weighted by molar-refractivity contribution is -0.129. The van der Waals surface area contributed by atoms with E-state index in [4.69, 9.17) is 5.11 Å². The Hall–Kier alpha value is -1.40. The number of hydrogen-bond donors (Lipinski definition) is 1. The molecule has 0 spiro atoms. The number of fused-ring (bicyclic) bond motifs is 1. The molecule has 3 rings (SSSR count). The fourth-order valence-corrected chi connectivity index (χ4v) is 3.76. The molecule has 2 atom stereocenters. The average Bonchev–Trinajstić information content (AvgIpc) is 3.08. The van der Waals surface area contributed by atoms with E-state index in [0.717, 1.165) is 6.42 Å². The first kappa shape index (κ1) is 12.6. The Kier molecular flexibility index (Phi) is 3.28. The molecule has 0 radical (unpaired) electrons. The van der Waals surface area contributed by atoms with E-state index in [9.17, 15) is 9.59 Å². The third kappa shape index (κ3) is 2.04. The number of carbonyl (C=O) groups is 2. The molecule has 0 saturated carbocycles. The second-order valence-corrected chi connectivity index (χ2v) is 5.73. The van der Waals surface area contributed by atoms with E-state index in [-0.39, 0.29) is 30.5 Å². The van der Waals surface area contributed by atoms with Gasteiger partial charge in [0.25, 0.3) is 5.91 Å². The van der Waals surface area contributed by atoms with Crippen molar-refractivity contribution in [3.05, 3.63) is 22.4 Å². The van der Waals surface area contributed by atoms with Gasteiger partial charge in [-0.05, 0) is 17.9 Å². The van der Waals surface area contributed by atoms with Crippen LogP contribution in [0, 0.1) is 0 Å². The number of nitrogens with zero attached hydrogens (tertiary/aromatic N) is 2. The highest BCUT2D eigenvalue weighted by Crippen LogP contribution is 2.33. The van der Waals surface area contributed by atoms with Gasteiger partial charge in [-0.15, -0.1) is 0 Å². The summed E-state index contributed by atoms with van der Waals surface area (Å²) in [4.78, 5) is 27.8.